The Balaban J connectivity index is 1.63. The number of aromatic hydroxyl groups is 1. The van der Waals surface area contributed by atoms with E-state index < -0.39 is 127 Å². The van der Waals surface area contributed by atoms with Gasteiger partial charge in [0.1, 0.15) is 17.2 Å². The van der Waals surface area contributed by atoms with Gasteiger partial charge in [-0.1, -0.05) is 11.6 Å². The number of phenols is 1. The van der Waals surface area contributed by atoms with Gasteiger partial charge in [0.05, 0.1) is 11.8 Å². The van der Waals surface area contributed by atoms with E-state index in [1.165, 1.54) is 13.1 Å². The average molecular weight is 699 g/mol. The van der Waals surface area contributed by atoms with Crippen LogP contribution >= 0.6 is 23.2 Å². The quantitative estimate of drug-likeness (QED) is 0.118. The first kappa shape index (κ1) is 32.0. The lowest BCUT2D eigenvalue weighted by atomic mass is 9.56. The van der Waals surface area contributed by atoms with Crippen molar-refractivity contribution in [2.75, 3.05) is 11.9 Å². The maximum atomic E-state index is 15.0. The van der Waals surface area contributed by atoms with Crippen molar-refractivity contribution in [3.63, 3.8) is 0 Å². The minimum Gasteiger partial charge on any atom is -0.508 e. The van der Waals surface area contributed by atoms with Crippen molar-refractivity contribution in [3.05, 3.63) is 64.5 Å². The van der Waals surface area contributed by atoms with Crippen molar-refractivity contribution in [1.82, 2.24) is 4.90 Å². The highest BCUT2D eigenvalue weighted by Gasteiger charge is 2.77. The predicted molar refractivity (Wildman–Crippen MR) is 139 cm³/mol. The van der Waals surface area contributed by atoms with Gasteiger partial charge in [-0.2, -0.15) is 0 Å². The topological polar surface area (TPSA) is 104 Å². The number of halogens is 10. The summed E-state index contributed by atoms with van der Waals surface area (Å²) in [4.78, 5) is 48.6. The van der Waals surface area contributed by atoms with Crippen LogP contribution in [0.1, 0.15) is 24.3 Å². The summed E-state index contributed by atoms with van der Waals surface area (Å²) >= 11 is 13.7. The van der Waals surface area contributed by atoms with Gasteiger partial charge in [0.15, 0.2) is 33.0 Å². The summed E-state index contributed by atoms with van der Waals surface area (Å²) in [6.07, 6.45) is -4.95. The number of carbonyl (C=O) groups is 4. The van der Waals surface area contributed by atoms with E-state index in [2.05, 4.69) is 4.74 Å². The standard InChI is InChI=1S/C28H16Cl2F8N2O6/c1-39-22(42)10-4-3-9-12(14(10)23(39)43)7-26(29)24(44)40(21-19(34)17(32)16(31)18(33)20(21)35)25(45)27(26,30)15(9)11-6-8(2-5-13(11)41)46-28(36,37)38/h2-3,5-6,10,12,14-15,41H,4,7H2,1H3/t10-,12+,14-,15+,26+,27-/m0/s1. The number of nitrogens with zero attached hydrogens (tertiary/aromatic N) is 2. The molecule has 3 fully saturated rings. The zero-order valence-electron chi connectivity index (χ0n) is 22.7. The van der Waals surface area contributed by atoms with Crippen LogP contribution in [0.4, 0.5) is 40.8 Å². The number of benzene rings is 2. The molecule has 6 rings (SSSR count). The molecule has 244 valence electrons. The lowest BCUT2D eigenvalue weighted by Gasteiger charge is -2.50. The minimum atomic E-state index is -5.27. The van der Waals surface area contributed by atoms with Gasteiger partial charge in [-0.15, -0.1) is 36.4 Å². The molecule has 4 amide bonds. The normalized spacial score (nSPS) is 30.8. The Hall–Kier alpha value is -3.92. The van der Waals surface area contributed by atoms with E-state index in [0.717, 1.165) is 4.90 Å². The summed E-state index contributed by atoms with van der Waals surface area (Å²) in [5, 5.41) is 10.9. The number of ether oxygens (including phenoxy) is 1. The minimum absolute atomic E-state index is 0.0659. The smallest absolute Gasteiger partial charge is 0.508 e. The van der Waals surface area contributed by atoms with E-state index in [9.17, 15) is 50.6 Å². The van der Waals surface area contributed by atoms with Crippen LogP contribution in [0.15, 0.2) is 29.8 Å². The van der Waals surface area contributed by atoms with Crippen molar-refractivity contribution in [2.24, 2.45) is 17.8 Å². The molecule has 0 bridgehead atoms. The van der Waals surface area contributed by atoms with E-state index in [1.807, 2.05) is 0 Å². The number of hydrogen-bond donors (Lipinski definition) is 1. The Bertz CT molecular complexity index is 1790. The Labute approximate surface area is 262 Å². The number of allylic oxidation sites excluding steroid dienone is 2. The number of carbonyl (C=O) groups excluding carboxylic acids is 4. The number of alkyl halides is 5. The summed E-state index contributed by atoms with van der Waals surface area (Å²) in [6.45, 7) is 0. The molecule has 2 aliphatic heterocycles. The molecule has 1 N–H and O–H groups in total. The fourth-order valence-corrected chi connectivity index (χ4v) is 7.96. The highest BCUT2D eigenvalue weighted by atomic mass is 35.5. The SMILES string of the molecule is CN1C(=O)[C@H]2[C@H](CC=C3[C@H]2C[C@@]2(Cl)C(=O)N(c4c(F)c(F)c(F)c(F)c4F)C(=O)[C@@]2(Cl)[C@H]3c2cc(OC(F)(F)F)ccc2O)C1=O. The lowest BCUT2D eigenvalue weighted by molar-refractivity contribution is -0.274. The fraction of sp³-hybridized carbons (Fsp3) is 0.357. The molecule has 0 spiro atoms. The molecule has 1 saturated carbocycles. The number of fused-ring (bicyclic) bond motifs is 4. The van der Waals surface area contributed by atoms with Crippen LogP contribution in [0.5, 0.6) is 11.5 Å². The molecular formula is C28H16Cl2F8N2O6. The Morgan fingerprint density at radius 2 is 1.48 bits per heavy atom. The Morgan fingerprint density at radius 3 is 2.07 bits per heavy atom. The van der Waals surface area contributed by atoms with Gasteiger partial charge in [-0.25, -0.2) is 26.9 Å². The largest absolute Gasteiger partial charge is 0.573 e. The van der Waals surface area contributed by atoms with Crippen LogP contribution in [0.2, 0.25) is 0 Å². The lowest BCUT2D eigenvalue weighted by Crippen LogP contribution is -2.60. The van der Waals surface area contributed by atoms with Crippen LogP contribution < -0.4 is 9.64 Å². The maximum Gasteiger partial charge on any atom is 0.573 e. The van der Waals surface area contributed by atoms with Gasteiger partial charge in [0, 0.05) is 18.5 Å². The molecule has 2 aromatic rings. The summed E-state index contributed by atoms with van der Waals surface area (Å²) in [5.74, 6) is -25.3. The van der Waals surface area contributed by atoms with Gasteiger partial charge in [-0.05, 0) is 37.0 Å². The number of imide groups is 2. The van der Waals surface area contributed by atoms with E-state index in [1.54, 1.807) is 0 Å². The van der Waals surface area contributed by atoms with E-state index in [0.29, 0.717) is 18.2 Å². The van der Waals surface area contributed by atoms with Gasteiger partial charge in [0.25, 0.3) is 11.8 Å². The molecule has 2 aromatic carbocycles. The molecular weight excluding hydrogens is 683 g/mol. The van der Waals surface area contributed by atoms with Crippen molar-refractivity contribution in [1.29, 1.82) is 0 Å². The Morgan fingerprint density at radius 1 is 0.891 bits per heavy atom. The van der Waals surface area contributed by atoms with Crippen LogP contribution in [-0.4, -0.2) is 56.8 Å². The van der Waals surface area contributed by atoms with Gasteiger partial charge in [0.2, 0.25) is 17.6 Å². The zero-order valence-corrected chi connectivity index (χ0v) is 24.2. The molecule has 18 heteroatoms. The third-order valence-corrected chi connectivity index (χ3v) is 10.4. The first-order chi connectivity index (χ1) is 21.3. The summed E-state index contributed by atoms with van der Waals surface area (Å²) in [5.41, 5.74) is -2.73. The molecule has 6 atom stereocenters. The molecule has 0 unspecified atom stereocenters. The second kappa shape index (κ2) is 10.0. The second-order valence-corrected chi connectivity index (χ2v) is 12.4. The zero-order chi connectivity index (χ0) is 34.0. The number of anilines is 1. The highest BCUT2D eigenvalue weighted by molar-refractivity contribution is 6.58. The third-order valence-electron chi connectivity index (χ3n) is 8.99. The number of phenolic OH excluding ortho intramolecular Hbond substituents is 1. The fourth-order valence-electron chi connectivity index (χ4n) is 7.03. The number of hydrogen-bond acceptors (Lipinski definition) is 6. The van der Waals surface area contributed by atoms with Crippen molar-refractivity contribution in [2.45, 2.75) is 34.9 Å². The van der Waals surface area contributed by atoms with Gasteiger partial charge < -0.3 is 9.84 Å². The van der Waals surface area contributed by atoms with E-state index >= 15 is 8.78 Å². The number of rotatable bonds is 3. The molecule has 2 aliphatic carbocycles. The van der Waals surface area contributed by atoms with Crippen molar-refractivity contribution >= 4 is 52.5 Å². The van der Waals surface area contributed by atoms with Gasteiger partial charge >= 0.3 is 6.36 Å². The molecule has 0 radical (unpaired) electrons. The summed E-state index contributed by atoms with van der Waals surface area (Å²) < 4.78 is 116. The van der Waals surface area contributed by atoms with E-state index in [4.69, 9.17) is 23.2 Å². The molecule has 2 saturated heterocycles. The molecule has 0 aromatic heterocycles. The monoisotopic (exact) mass is 698 g/mol. The molecule has 46 heavy (non-hydrogen) atoms. The van der Waals surface area contributed by atoms with E-state index in [-0.39, 0.29) is 12.0 Å². The van der Waals surface area contributed by atoms with Crippen LogP contribution in [0.25, 0.3) is 0 Å². The third kappa shape index (κ3) is 4.04. The van der Waals surface area contributed by atoms with Crippen molar-refractivity contribution < 1.29 is 64.1 Å². The van der Waals surface area contributed by atoms with Gasteiger partial charge in [-0.3, -0.25) is 24.1 Å². The average Bonchev–Trinajstić information content (AvgIpc) is 3.29. The van der Waals surface area contributed by atoms with Crippen LogP contribution in [-0.2, 0) is 19.2 Å². The second-order valence-electron chi connectivity index (χ2n) is 11.2. The Kier molecular flexibility index (Phi) is 6.99. The van der Waals surface area contributed by atoms with Crippen LogP contribution in [0, 0.1) is 46.8 Å². The molecule has 8 nitrogen and oxygen atoms in total. The highest BCUT2D eigenvalue weighted by Crippen LogP contribution is 2.66. The summed E-state index contributed by atoms with van der Waals surface area (Å²) in [7, 11) is 1.17. The first-order valence-electron chi connectivity index (χ1n) is 13.2. The van der Waals surface area contributed by atoms with Crippen molar-refractivity contribution in [3.8, 4) is 11.5 Å². The molecule has 2 heterocycles. The number of likely N-dealkylation sites (tertiary alicyclic amines) is 1. The number of amides is 4. The first-order valence-corrected chi connectivity index (χ1v) is 13.9. The molecule has 4 aliphatic rings. The van der Waals surface area contributed by atoms with Crippen LogP contribution in [0.3, 0.4) is 0 Å². The summed E-state index contributed by atoms with van der Waals surface area (Å²) in [6, 6.07) is 1.99. The predicted octanol–water partition coefficient (Wildman–Crippen LogP) is 5.18. The maximum absolute atomic E-state index is 15.0.